The first kappa shape index (κ1) is 7.59. The van der Waals surface area contributed by atoms with Gasteiger partial charge in [0.05, 0.1) is 6.20 Å². The molecule has 66 valence electrons. The van der Waals surface area contributed by atoms with Gasteiger partial charge in [-0.1, -0.05) is 5.16 Å². The molecule has 2 aromatic rings. The number of carbonyl (C=O) groups is 1. The van der Waals surface area contributed by atoms with Crippen LogP contribution in [-0.4, -0.2) is 31.3 Å². The Bertz CT molecular complexity index is 418. The third kappa shape index (κ3) is 1.31. The SMILES string of the molecule is CC(=O)c1nc(-c2cn[nH]n2)no1. The van der Waals surface area contributed by atoms with Crippen LogP contribution in [0.5, 0.6) is 0 Å². The Morgan fingerprint density at radius 1 is 1.62 bits per heavy atom. The van der Waals surface area contributed by atoms with Gasteiger partial charge in [0.1, 0.15) is 0 Å². The molecular weight excluding hydrogens is 174 g/mol. The molecule has 0 amide bonds. The van der Waals surface area contributed by atoms with Crippen molar-refractivity contribution in [3.8, 4) is 11.5 Å². The molecule has 0 aliphatic heterocycles. The molecule has 0 atom stereocenters. The molecule has 0 fully saturated rings. The summed E-state index contributed by atoms with van der Waals surface area (Å²) >= 11 is 0. The summed E-state index contributed by atoms with van der Waals surface area (Å²) in [4.78, 5) is 14.6. The van der Waals surface area contributed by atoms with E-state index in [0.717, 1.165) is 0 Å². The van der Waals surface area contributed by atoms with Gasteiger partial charge in [-0.25, -0.2) is 0 Å². The number of aromatic nitrogens is 5. The number of aromatic amines is 1. The number of hydrogen-bond acceptors (Lipinski definition) is 6. The molecule has 0 radical (unpaired) electrons. The van der Waals surface area contributed by atoms with Crippen LogP contribution in [0.1, 0.15) is 17.6 Å². The molecule has 0 saturated heterocycles. The summed E-state index contributed by atoms with van der Waals surface area (Å²) in [6.45, 7) is 1.35. The normalized spacial score (nSPS) is 10.2. The molecular formula is C6H5N5O2. The first-order valence-electron chi connectivity index (χ1n) is 3.48. The van der Waals surface area contributed by atoms with Gasteiger partial charge in [0.25, 0.3) is 5.89 Å². The van der Waals surface area contributed by atoms with E-state index >= 15 is 0 Å². The quantitative estimate of drug-likeness (QED) is 0.654. The minimum atomic E-state index is -0.276. The predicted octanol–water partition coefficient (Wildman–Crippen LogP) is 0.0573. The number of rotatable bonds is 2. The van der Waals surface area contributed by atoms with E-state index in [0.29, 0.717) is 5.69 Å². The predicted molar refractivity (Wildman–Crippen MR) is 39.7 cm³/mol. The van der Waals surface area contributed by atoms with Crippen molar-refractivity contribution in [3.05, 3.63) is 12.1 Å². The van der Waals surface area contributed by atoms with Gasteiger partial charge in [-0.05, 0) is 0 Å². The Morgan fingerprint density at radius 2 is 2.46 bits per heavy atom. The maximum absolute atomic E-state index is 10.8. The van der Waals surface area contributed by atoms with Gasteiger partial charge >= 0.3 is 0 Å². The van der Waals surface area contributed by atoms with E-state index < -0.39 is 0 Å². The lowest BCUT2D eigenvalue weighted by Crippen LogP contribution is -1.91. The molecule has 7 heteroatoms. The van der Waals surface area contributed by atoms with E-state index in [4.69, 9.17) is 0 Å². The van der Waals surface area contributed by atoms with Gasteiger partial charge < -0.3 is 4.52 Å². The summed E-state index contributed by atoms with van der Waals surface area (Å²) in [5, 5.41) is 13.2. The lowest BCUT2D eigenvalue weighted by atomic mass is 10.4. The van der Waals surface area contributed by atoms with Gasteiger partial charge in [-0.3, -0.25) is 4.79 Å². The summed E-state index contributed by atoms with van der Waals surface area (Å²) in [6, 6.07) is 0. The lowest BCUT2D eigenvalue weighted by molar-refractivity contribution is 0.0972. The van der Waals surface area contributed by atoms with Crippen molar-refractivity contribution in [2.75, 3.05) is 0 Å². The van der Waals surface area contributed by atoms with Gasteiger partial charge in [0.2, 0.25) is 11.6 Å². The van der Waals surface area contributed by atoms with Crippen molar-refractivity contribution in [2.24, 2.45) is 0 Å². The molecule has 0 unspecified atom stereocenters. The van der Waals surface area contributed by atoms with E-state index in [1.807, 2.05) is 0 Å². The number of nitrogens with zero attached hydrogens (tertiary/aromatic N) is 4. The first-order chi connectivity index (χ1) is 6.27. The highest BCUT2D eigenvalue weighted by atomic mass is 16.5. The third-order valence-corrected chi connectivity index (χ3v) is 1.37. The van der Waals surface area contributed by atoms with Gasteiger partial charge in [-0.15, -0.1) is 0 Å². The largest absolute Gasteiger partial charge is 0.330 e. The minimum absolute atomic E-state index is 0.0296. The van der Waals surface area contributed by atoms with Crippen LogP contribution in [0.15, 0.2) is 10.7 Å². The molecule has 0 aromatic carbocycles. The minimum Gasteiger partial charge on any atom is -0.330 e. The van der Waals surface area contributed by atoms with Crippen molar-refractivity contribution >= 4 is 5.78 Å². The molecule has 1 N–H and O–H groups in total. The second kappa shape index (κ2) is 2.77. The smallest absolute Gasteiger partial charge is 0.294 e. The fourth-order valence-electron chi connectivity index (χ4n) is 0.780. The van der Waals surface area contributed by atoms with Crippen LogP contribution >= 0.6 is 0 Å². The highest BCUT2D eigenvalue weighted by molar-refractivity contribution is 5.89. The fraction of sp³-hybridized carbons (Fsp3) is 0.167. The van der Waals surface area contributed by atoms with Crippen LogP contribution in [0.2, 0.25) is 0 Å². The van der Waals surface area contributed by atoms with Crippen LogP contribution in [0.3, 0.4) is 0 Å². The van der Waals surface area contributed by atoms with Crippen LogP contribution in [-0.2, 0) is 0 Å². The Hall–Kier alpha value is -2.05. The Balaban J connectivity index is 2.39. The molecule has 2 aromatic heterocycles. The standard InChI is InChI=1S/C6H5N5O2/c1-3(12)6-8-5(10-13-6)4-2-7-11-9-4/h2H,1H3,(H,7,9,11). The Labute approximate surface area is 72.2 Å². The van der Waals surface area contributed by atoms with E-state index in [1.165, 1.54) is 13.1 Å². The molecule has 13 heavy (non-hydrogen) atoms. The average Bonchev–Trinajstić information content (AvgIpc) is 2.75. The number of Topliss-reactive ketones (excluding diaryl/α,β-unsaturated/α-hetero) is 1. The summed E-state index contributed by atoms with van der Waals surface area (Å²) in [7, 11) is 0. The second-order valence-corrected chi connectivity index (χ2v) is 2.33. The summed E-state index contributed by atoms with van der Waals surface area (Å²) in [5.41, 5.74) is 0.441. The summed E-state index contributed by atoms with van der Waals surface area (Å²) in [6.07, 6.45) is 1.44. The second-order valence-electron chi connectivity index (χ2n) is 2.33. The fourth-order valence-corrected chi connectivity index (χ4v) is 0.780. The zero-order valence-corrected chi connectivity index (χ0v) is 6.68. The number of hydrogen-bond donors (Lipinski definition) is 1. The molecule has 7 nitrogen and oxygen atoms in total. The molecule has 0 bridgehead atoms. The molecule has 0 saturated carbocycles. The summed E-state index contributed by atoms with van der Waals surface area (Å²) in [5.74, 6) is -0.0563. The van der Waals surface area contributed by atoms with Crippen molar-refractivity contribution < 1.29 is 9.32 Å². The maximum atomic E-state index is 10.8. The Kier molecular flexibility index (Phi) is 1.62. The highest BCUT2D eigenvalue weighted by Crippen LogP contribution is 2.10. The van der Waals surface area contributed by atoms with Crippen molar-refractivity contribution in [2.45, 2.75) is 6.92 Å². The zero-order chi connectivity index (χ0) is 9.26. The first-order valence-corrected chi connectivity index (χ1v) is 3.48. The van der Waals surface area contributed by atoms with Crippen LogP contribution in [0.4, 0.5) is 0 Å². The lowest BCUT2D eigenvalue weighted by Gasteiger charge is -1.79. The Morgan fingerprint density at radius 3 is 3.00 bits per heavy atom. The van der Waals surface area contributed by atoms with Gasteiger partial charge in [-0.2, -0.15) is 20.4 Å². The molecule has 0 aliphatic carbocycles. The molecule has 2 rings (SSSR count). The topological polar surface area (TPSA) is 97.6 Å². The monoisotopic (exact) mass is 179 g/mol. The van der Waals surface area contributed by atoms with E-state index in [-0.39, 0.29) is 17.5 Å². The maximum Gasteiger partial charge on any atom is 0.294 e. The highest BCUT2D eigenvalue weighted by Gasteiger charge is 2.13. The van der Waals surface area contributed by atoms with E-state index in [1.54, 1.807) is 0 Å². The molecule has 0 aliphatic rings. The van der Waals surface area contributed by atoms with Crippen LogP contribution < -0.4 is 0 Å². The number of nitrogens with one attached hydrogen (secondary N) is 1. The van der Waals surface area contributed by atoms with Crippen LogP contribution in [0, 0.1) is 0 Å². The van der Waals surface area contributed by atoms with Crippen molar-refractivity contribution in [1.82, 2.24) is 25.6 Å². The molecule has 0 spiro atoms. The van der Waals surface area contributed by atoms with E-state index in [2.05, 4.69) is 30.1 Å². The zero-order valence-electron chi connectivity index (χ0n) is 6.68. The van der Waals surface area contributed by atoms with Crippen molar-refractivity contribution in [1.29, 1.82) is 0 Å². The number of carbonyl (C=O) groups excluding carboxylic acids is 1. The van der Waals surface area contributed by atoms with Gasteiger partial charge in [0, 0.05) is 6.92 Å². The van der Waals surface area contributed by atoms with Crippen LogP contribution in [0.25, 0.3) is 11.5 Å². The van der Waals surface area contributed by atoms with Crippen molar-refractivity contribution in [3.63, 3.8) is 0 Å². The van der Waals surface area contributed by atoms with E-state index in [9.17, 15) is 4.79 Å². The van der Waals surface area contributed by atoms with Gasteiger partial charge in [0.15, 0.2) is 5.69 Å². The average molecular weight is 179 g/mol. The third-order valence-electron chi connectivity index (χ3n) is 1.37. The number of ketones is 1. The summed E-state index contributed by atoms with van der Waals surface area (Å²) < 4.78 is 4.66. The number of H-pyrrole nitrogens is 1. The molecule has 2 heterocycles.